The summed E-state index contributed by atoms with van der Waals surface area (Å²) in [5, 5.41) is 5.54. The quantitative estimate of drug-likeness (QED) is 0.644. The van der Waals surface area contributed by atoms with Crippen LogP contribution in [-0.2, 0) is 0 Å². The highest BCUT2D eigenvalue weighted by molar-refractivity contribution is 7.17. The van der Waals surface area contributed by atoms with Crippen molar-refractivity contribution in [2.75, 3.05) is 6.54 Å². The van der Waals surface area contributed by atoms with Gasteiger partial charge >= 0.3 is 0 Å². The van der Waals surface area contributed by atoms with E-state index in [2.05, 4.69) is 40.7 Å². The van der Waals surface area contributed by atoms with Gasteiger partial charge < -0.3 is 5.32 Å². The number of aromatic nitrogens is 1. The summed E-state index contributed by atoms with van der Waals surface area (Å²) >= 11 is 1.73. The molecule has 2 nitrogen and oxygen atoms in total. The van der Waals surface area contributed by atoms with Crippen molar-refractivity contribution < 1.29 is 0 Å². The summed E-state index contributed by atoms with van der Waals surface area (Å²) in [5.41, 5.74) is 2.32. The zero-order valence-corrected chi connectivity index (χ0v) is 10.8. The SMILES string of the molecule is C#CCCCNC(C)c1cnc2ccsc2c1. The third-order valence-corrected chi connectivity index (χ3v) is 3.63. The molecule has 0 radical (unpaired) electrons. The van der Waals surface area contributed by atoms with E-state index >= 15 is 0 Å². The first-order valence-electron chi connectivity index (χ1n) is 5.81. The van der Waals surface area contributed by atoms with E-state index in [4.69, 9.17) is 6.42 Å². The molecule has 1 N–H and O–H groups in total. The third kappa shape index (κ3) is 3.06. The lowest BCUT2D eigenvalue weighted by atomic mass is 10.1. The minimum atomic E-state index is 0.326. The number of hydrogen-bond acceptors (Lipinski definition) is 3. The Balaban J connectivity index is 1.98. The summed E-state index contributed by atoms with van der Waals surface area (Å²) in [5.74, 6) is 2.65. The van der Waals surface area contributed by atoms with Gasteiger partial charge in [-0.25, -0.2) is 0 Å². The molecule has 0 saturated heterocycles. The first-order chi connectivity index (χ1) is 8.31. The number of hydrogen-bond donors (Lipinski definition) is 1. The maximum absolute atomic E-state index is 5.22. The average Bonchev–Trinajstić information content (AvgIpc) is 2.81. The van der Waals surface area contributed by atoms with Gasteiger partial charge in [-0.1, -0.05) is 0 Å². The molecule has 0 aliphatic heterocycles. The van der Waals surface area contributed by atoms with Crippen LogP contribution in [0.15, 0.2) is 23.7 Å². The van der Waals surface area contributed by atoms with Crippen LogP contribution in [0.2, 0.25) is 0 Å². The standard InChI is InChI=1S/C14H16N2S/c1-3-4-5-7-15-11(2)12-9-14-13(16-10-12)6-8-17-14/h1,6,8-11,15H,4-5,7H2,2H3. The number of rotatable bonds is 5. The molecule has 3 heteroatoms. The molecule has 17 heavy (non-hydrogen) atoms. The number of nitrogens with one attached hydrogen (secondary N) is 1. The Morgan fingerprint density at radius 2 is 2.47 bits per heavy atom. The molecule has 0 bridgehead atoms. The highest BCUT2D eigenvalue weighted by Crippen LogP contribution is 2.22. The summed E-state index contributed by atoms with van der Waals surface area (Å²) in [6, 6.07) is 4.59. The van der Waals surface area contributed by atoms with Gasteiger partial charge in [-0.15, -0.1) is 23.7 Å². The summed E-state index contributed by atoms with van der Waals surface area (Å²) in [6.07, 6.45) is 9.03. The highest BCUT2D eigenvalue weighted by Gasteiger charge is 2.06. The number of unbranched alkanes of at least 4 members (excludes halogenated alkanes) is 1. The molecule has 2 rings (SSSR count). The Morgan fingerprint density at radius 1 is 1.59 bits per heavy atom. The lowest BCUT2D eigenvalue weighted by molar-refractivity contribution is 0.562. The molecule has 2 heterocycles. The molecule has 1 unspecified atom stereocenters. The van der Waals surface area contributed by atoms with Gasteiger partial charge in [0.1, 0.15) is 0 Å². The molecule has 0 saturated carbocycles. The van der Waals surface area contributed by atoms with E-state index in [0.717, 1.165) is 24.9 Å². The molecule has 0 aliphatic rings. The van der Waals surface area contributed by atoms with Gasteiger partial charge in [-0.3, -0.25) is 4.98 Å². The largest absolute Gasteiger partial charge is 0.310 e. The van der Waals surface area contributed by atoms with E-state index in [1.165, 1.54) is 10.3 Å². The number of pyridine rings is 1. The highest BCUT2D eigenvalue weighted by atomic mass is 32.1. The molecular weight excluding hydrogens is 228 g/mol. The van der Waals surface area contributed by atoms with Crippen molar-refractivity contribution in [3.63, 3.8) is 0 Å². The lowest BCUT2D eigenvalue weighted by Crippen LogP contribution is -2.19. The summed E-state index contributed by atoms with van der Waals surface area (Å²) in [4.78, 5) is 4.44. The molecule has 1 atom stereocenters. The van der Waals surface area contributed by atoms with Gasteiger partial charge in [0.05, 0.1) is 10.2 Å². The molecule has 0 spiro atoms. The Morgan fingerprint density at radius 3 is 3.29 bits per heavy atom. The molecule has 0 aromatic carbocycles. The Hall–Kier alpha value is -1.37. The Kier molecular flexibility index (Phi) is 4.13. The second-order valence-corrected chi connectivity index (χ2v) is 5.00. The number of terminal acetylenes is 1. The second-order valence-electron chi connectivity index (χ2n) is 4.06. The molecule has 2 aromatic rings. The normalized spacial score (nSPS) is 12.5. The Bertz CT molecular complexity index is 524. The molecule has 0 aliphatic carbocycles. The van der Waals surface area contributed by atoms with E-state index in [0.29, 0.717) is 6.04 Å². The fourth-order valence-corrected chi connectivity index (χ4v) is 2.51. The van der Waals surface area contributed by atoms with Crippen LogP contribution in [0.1, 0.15) is 31.4 Å². The third-order valence-electron chi connectivity index (χ3n) is 2.77. The lowest BCUT2D eigenvalue weighted by Gasteiger charge is -2.13. The van der Waals surface area contributed by atoms with Crippen LogP contribution < -0.4 is 5.32 Å². The van der Waals surface area contributed by atoms with Gasteiger partial charge in [-0.2, -0.15) is 0 Å². The zero-order valence-electron chi connectivity index (χ0n) is 9.94. The zero-order chi connectivity index (χ0) is 12.1. The summed E-state index contributed by atoms with van der Waals surface area (Å²) < 4.78 is 1.25. The average molecular weight is 244 g/mol. The number of thiophene rings is 1. The minimum Gasteiger partial charge on any atom is -0.310 e. The minimum absolute atomic E-state index is 0.326. The van der Waals surface area contributed by atoms with Gasteiger partial charge in [0.2, 0.25) is 0 Å². The van der Waals surface area contributed by atoms with Crippen molar-refractivity contribution >= 4 is 21.6 Å². The first-order valence-corrected chi connectivity index (χ1v) is 6.69. The van der Waals surface area contributed by atoms with E-state index in [1.807, 2.05) is 6.20 Å². The first kappa shape index (κ1) is 12.1. The molecule has 0 fully saturated rings. The maximum atomic E-state index is 5.22. The summed E-state index contributed by atoms with van der Waals surface area (Å²) in [6.45, 7) is 3.11. The van der Waals surface area contributed by atoms with Gasteiger partial charge in [-0.05, 0) is 43.0 Å². The maximum Gasteiger partial charge on any atom is 0.0809 e. The van der Waals surface area contributed by atoms with Crippen LogP contribution in [0.5, 0.6) is 0 Å². The fourth-order valence-electron chi connectivity index (χ4n) is 1.73. The smallest absolute Gasteiger partial charge is 0.0809 e. The molecule has 2 aromatic heterocycles. The molecule has 88 valence electrons. The predicted molar refractivity (Wildman–Crippen MR) is 74.1 cm³/mol. The van der Waals surface area contributed by atoms with E-state index < -0.39 is 0 Å². The van der Waals surface area contributed by atoms with Crippen molar-refractivity contribution in [3.05, 3.63) is 29.3 Å². The van der Waals surface area contributed by atoms with Crippen molar-refractivity contribution in [3.8, 4) is 12.3 Å². The van der Waals surface area contributed by atoms with Gasteiger partial charge in [0.25, 0.3) is 0 Å². The van der Waals surface area contributed by atoms with Crippen molar-refractivity contribution in [1.29, 1.82) is 0 Å². The van der Waals surface area contributed by atoms with Crippen LogP contribution >= 0.6 is 11.3 Å². The van der Waals surface area contributed by atoms with E-state index in [9.17, 15) is 0 Å². The van der Waals surface area contributed by atoms with Crippen LogP contribution in [0.3, 0.4) is 0 Å². The van der Waals surface area contributed by atoms with Crippen molar-refractivity contribution in [1.82, 2.24) is 10.3 Å². The molecular formula is C14H16N2S. The van der Waals surface area contributed by atoms with Crippen LogP contribution in [0.25, 0.3) is 10.2 Å². The number of fused-ring (bicyclic) bond motifs is 1. The van der Waals surface area contributed by atoms with Crippen LogP contribution in [-0.4, -0.2) is 11.5 Å². The predicted octanol–water partition coefficient (Wildman–Crippen LogP) is 3.36. The summed E-state index contributed by atoms with van der Waals surface area (Å²) in [7, 11) is 0. The van der Waals surface area contributed by atoms with Crippen LogP contribution in [0.4, 0.5) is 0 Å². The fraction of sp³-hybridized carbons (Fsp3) is 0.357. The van der Waals surface area contributed by atoms with Crippen LogP contribution in [0, 0.1) is 12.3 Å². The van der Waals surface area contributed by atoms with E-state index in [1.54, 1.807) is 11.3 Å². The second kappa shape index (κ2) is 5.81. The topological polar surface area (TPSA) is 24.9 Å². The number of nitrogens with zero attached hydrogens (tertiary/aromatic N) is 1. The molecule has 0 amide bonds. The Labute approximate surface area is 106 Å². The van der Waals surface area contributed by atoms with Gasteiger partial charge in [0.15, 0.2) is 0 Å². The van der Waals surface area contributed by atoms with Crippen molar-refractivity contribution in [2.45, 2.75) is 25.8 Å². The van der Waals surface area contributed by atoms with Gasteiger partial charge in [0, 0.05) is 18.7 Å². The van der Waals surface area contributed by atoms with Crippen molar-refractivity contribution in [2.24, 2.45) is 0 Å². The van der Waals surface area contributed by atoms with E-state index in [-0.39, 0.29) is 0 Å². The monoisotopic (exact) mass is 244 g/mol.